The molecule has 0 bridgehead atoms. The SMILES string of the molecule is O=C(Nc1ccccc1C(F)(F)F)N1CCCSCC1CN1CCOCC1. The maximum Gasteiger partial charge on any atom is 0.418 e. The summed E-state index contributed by atoms with van der Waals surface area (Å²) in [5.41, 5.74) is -1.02. The molecule has 2 fully saturated rings. The monoisotopic (exact) mass is 403 g/mol. The van der Waals surface area contributed by atoms with Crippen molar-refractivity contribution >= 4 is 23.5 Å². The van der Waals surface area contributed by atoms with Gasteiger partial charge in [0.15, 0.2) is 0 Å². The Kier molecular flexibility index (Phi) is 6.88. The summed E-state index contributed by atoms with van der Waals surface area (Å²) in [6.45, 7) is 4.23. The molecule has 9 heteroatoms. The molecule has 2 saturated heterocycles. The number of ether oxygens (including phenoxy) is 1. The zero-order valence-corrected chi connectivity index (χ0v) is 15.8. The van der Waals surface area contributed by atoms with E-state index in [0.717, 1.165) is 37.1 Å². The third-order valence-corrected chi connectivity index (χ3v) is 5.94. The highest BCUT2D eigenvalue weighted by Gasteiger charge is 2.35. The van der Waals surface area contributed by atoms with Gasteiger partial charge in [-0.25, -0.2) is 4.79 Å². The highest BCUT2D eigenvalue weighted by molar-refractivity contribution is 7.99. The highest BCUT2D eigenvalue weighted by atomic mass is 32.2. The molecule has 1 unspecified atom stereocenters. The molecule has 1 N–H and O–H groups in total. The molecule has 0 aromatic heterocycles. The van der Waals surface area contributed by atoms with Gasteiger partial charge in [-0.3, -0.25) is 4.90 Å². The Morgan fingerprint density at radius 3 is 2.70 bits per heavy atom. The summed E-state index contributed by atoms with van der Waals surface area (Å²) in [6.07, 6.45) is -3.68. The molecule has 1 aromatic rings. The van der Waals surface area contributed by atoms with Gasteiger partial charge in [0.25, 0.3) is 0 Å². The molecule has 0 radical (unpaired) electrons. The fraction of sp³-hybridized carbons (Fsp3) is 0.611. The lowest BCUT2D eigenvalue weighted by Crippen LogP contribution is -2.51. The van der Waals surface area contributed by atoms with Crippen molar-refractivity contribution in [3.63, 3.8) is 0 Å². The van der Waals surface area contributed by atoms with Crippen LogP contribution in [-0.4, -0.2) is 72.8 Å². The molecule has 5 nitrogen and oxygen atoms in total. The van der Waals surface area contributed by atoms with Crippen molar-refractivity contribution < 1.29 is 22.7 Å². The Hall–Kier alpha value is -1.45. The summed E-state index contributed by atoms with van der Waals surface area (Å²) in [6, 6.07) is 4.60. The number of nitrogens with zero attached hydrogens (tertiary/aromatic N) is 2. The number of thioether (sulfide) groups is 1. The number of para-hydroxylation sites is 1. The number of carbonyl (C=O) groups is 1. The van der Waals surface area contributed by atoms with Crippen LogP contribution in [0.5, 0.6) is 0 Å². The smallest absolute Gasteiger partial charge is 0.379 e. The number of alkyl halides is 3. The van der Waals surface area contributed by atoms with E-state index in [4.69, 9.17) is 4.74 Å². The van der Waals surface area contributed by atoms with Crippen molar-refractivity contribution in [3.05, 3.63) is 29.8 Å². The molecule has 2 amide bonds. The molecule has 27 heavy (non-hydrogen) atoms. The zero-order chi connectivity index (χ0) is 19.3. The van der Waals surface area contributed by atoms with Crippen LogP contribution < -0.4 is 5.32 Å². The van der Waals surface area contributed by atoms with E-state index < -0.39 is 17.8 Å². The molecule has 0 spiro atoms. The number of hydrogen-bond acceptors (Lipinski definition) is 4. The first-order valence-electron chi connectivity index (χ1n) is 9.07. The van der Waals surface area contributed by atoms with Crippen LogP contribution in [0.2, 0.25) is 0 Å². The third kappa shape index (κ3) is 5.52. The average Bonchev–Trinajstić information content (AvgIpc) is 2.87. The topological polar surface area (TPSA) is 44.8 Å². The van der Waals surface area contributed by atoms with Crippen molar-refractivity contribution in [3.8, 4) is 0 Å². The van der Waals surface area contributed by atoms with Gasteiger partial charge in [0.1, 0.15) is 0 Å². The predicted octanol–water partition coefficient (Wildman–Crippen LogP) is 3.38. The molecule has 0 saturated carbocycles. The first-order chi connectivity index (χ1) is 12.9. The van der Waals surface area contributed by atoms with Crippen molar-refractivity contribution in [1.29, 1.82) is 0 Å². The number of morpholine rings is 1. The van der Waals surface area contributed by atoms with Gasteiger partial charge in [0, 0.05) is 31.9 Å². The van der Waals surface area contributed by atoms with E-state index in [1.165, 1.54) is 18.2 Å². The van der Waals surface area contributed by atoms with Crippen molar-refractivity contribution in [2.24, 2.45) is 0 Å². The molecule has 2 aliphatic heterocycles. The van der Waals surface area contributed by atoms with E-state index in [0.29, 0.717) is 26.3 Å². The average molecular weight is 403 g/mol. The minimum atomic E-state index is -4.51. The van der Waals surface area contributed by atoms with Gasteiger partial charge in [-0.15, -0.1) is 0 Å². The number of anilines is 1. The Labute approximate surface area is 161 Å². The van der Waals surface area contributed by atoms with Gasteiger partial charge < -0.3 is 15.0 Å². The standard InChI is InChI=1S/C18H24F3N3O2S/c19-18(20,21)15-4-1-2-5-16(15)22-17(25)24-6-3-11-27-13-14(24)12-23-7-9-26-10-8-23/h1-2,4-5,14H,3,6-13H2,(H,22,25). The Morgan fingerprint density at radius 1 is 1.22 bits per heavy atom. The first-order valence-corrected chi connectivity index (χ1v) is 10.2. The summed E-state index contributed by atoms with van der Waals surface area (Å²) >= 11 is 1.79. The van der Waals surface area contributed by atoms with Crippen LogP contribution in [0.1, 0.15) is 12.0 Å². The summed E-state index contributed by atoms with van der Waals surface area (Å²) < 4.78 is 45.0. The lowest BCUT2D eigenvalue weighted by molar-refractivity contribution is -0.136. The maximum atomic E-state index is 13.2. The van der Waals surface area contributed by atoms with Crippen LogP contribution in [-0.2, 0) is 10.9 Å². The summed E-state index contributed by atoms with van der Waals surface area (Å²) in [7, 11) is 0. The number of rotatable bonds is 3. The number of urea groups is 1. The van der Waals surface area contributed by atoms with Crippen LogP contribution >= 0.6 is 11.8 Å². The van der Waals surface area contributed by atoms with Crippen molar-refractivity contribution in [1.82, 2.24) is 9.80 Å². The number of amides is 2. The summed E-state index contributed by atoms with van der Waals surface area (Å²) in [5.74, 6) is 1.73. The van der Waals surface area contributed by atoms with Crippen LogP contribution in [0.25, 0.3) is 0 Å². The van der Waals surface area contributed by atoms with Gasteiger partial charge in [-0.1, -0.05) is 12.1 Å². The quantitative estimate of drug-likeness (QED) is 0.841. The number of halogens is 3. The van der Waals surface area contributed by atoms with Gasteiger partial charge >= 0.3 is 12.2 Å². The Bertz CT molecular complexity index is 639. The molecule has 1 atom stereocenters. The number of carbonyl (C=O) groups excluding carboxylic acids is 1. The van der Waals surface area contributed by atoms with Gasteiger partial charge in [0.2, 0.25) is 0 Å². The molecule has 0 aliphatic carbocycles. The van der Waals surface area contributed by atoms with E-state index in [-0.39, 0.29) is 11.7 Å². The molecular formula is C18H24F3N3O2S. The summed E-state index contributed by atoms with van der Waals surface area (Å²) in [5, 5.41) is 2.50. The van der Waals surface area contributed by atoms with Crippen LogP contribution in [0.3, 0.4) is 0 Å². The van der Waals surface area contributed by atoms with Gasteiger partial charge in [-0.2, -0.15) is 24.9 Å². The van der Waals surface area contributed by atoms with Gasteiger partial charge in [0.05, 0.1) is 30.5 Å². The first kappa shape index (κ1) is 20.3. The van der Waals surface area contributed by atoms with Crippen LogP contribution in [0.15, 0.2) is 24.3 Å². The van der Waals surface area contributed by atoms with E-state index >= 15 is 0 Å². The molecule has 1 aromatic carbocycles. The minimum absolute atomic E-state index is 0.0337. The maximum absolute atomic E-state index is 13.2. The van der Waals surface area contributed by atoms with Crippen LogP contribution in [0.4, 0.5) is 23.7 Å². The highest BCUT2D eigenvalue weighted by Crippen LogP contribution is 2.34. The second-order valence-corrected chi connectivity index (χ2v) is 7.81. The largest absolute Gasteiger partial charge is 0.418 e. The minimum Gasteiger partial charge on any atom is -0.379 e. The molecule has 150 valence electrons. The third-order valence-electron chi connectivity index (χ3n) is 4.75. The zero-order valence-electron chi connectivity index (χ0n) is 15.0. The second kappa shape index (κ2) is 9.16. The van der Waals surface area contributed by atoms with E-state index in [1.807, 2.05) is 0 Å². The molecule has 2 heterocycles. The van der Waals surface area contributed by atoms with Crippen LogP contribution in [0, 0.1) is 0 Å². The van der Waals surface area contributed by atoms with E-state index in [2.05, 4.69) is 10.2 Å². The van der Waals surface area contributed by atoms with Gasteiger partial charge in [-0.05, 0) is 24.3 Å². The number of benzene rings is 1. The van der Waals surface area contributed by atoms with E-state index in [1.54, 1.807) is 16.7 Å². The van der Waals surface area contributed by atoms with Crippen molar-refractivity contribution in [2.45, 2.75) is 18.6 Å². The fourth-order valence-electron chi connectivity index (χ4n) is 3.36. The number of nitrogens with one attached hydrogen (secondary N) is 1. The van der Waals surface area contributed by atoms with Crippen molar-refractivity contribution in [2.75, 3.05) is 56.2 Å². The molecular weight excluding hydrogens is 379 g/mol. The Balaban J connectivity index is 1.72. The molecule has 3 rings (SSSR count). The Morgan fingerprint density at radius 2 is 1.96 bits per heavy atom. The number of hydrogen-bond donors (Lipinski definition) is 1. The fourth-order valence-corrected chi connectivity index (χ4v) is 4.41. The second-order valence-electron chi connectivity index (χ2n) is 6.66. The summed E-state index contributed by atoms with van der Waals surface area (Å²) in [4.78, 5) is 16.8. The normalized spacial score (nSPS) is 22.3. The predicted molar refractivity (Wildman–Crippen MR) is 100 cm³/mol. The lowest BCUT2D eigenvalue weighted by Gasteiger charge is -2.35. The lowest BCUT2D eigenvalue weighted by atomic mass is 10.1. The van der Waals surface area contributed by atoms with E-state index in [9.17, 15) is 18.0 Å². The molecule has 2 aliphatic rings.